The lowest BCUT2D eigenvalue weighted by Gasteiger charge is -2.19. The van der Waals surface area contributed by atoms with E-state index in [1.807, 2.05) is 19.1 Å². The van der Waals surface area contributed by atoms with Gasteiger partial charge in [-0.3, -0.25) is 18.7 Å². The Labute approximate surface area is 147 Å². The van der Waals surface area contributed by atoms with Gasteiger partial charge in [0.1, 0.15) is 5.69 Å². The number of halogens is 1. The van der Waals surface area contributed by atoms with Gasteiger partial charge in [0.15, 0.2) is 0 Å². The molecule has 1 aromatic carbocycles. The van der Waals surface area contributed by atoms with Crippen LogP contribution in [0.15, 0.2) is 40.1 Å². The maximum Gasteiger partial charge on any atom is 0.331 e. The smallest absolute Gasteiger partial charge is 0.305 e. The Morgan fingerprint density at radius 3 is 2.39 bits per heavy atom. The first kappa shape index (κ1) is 17.5. The second-order valence-corrected chi connectivity index (χ2v) is 6.14. The maximum absolute atomic E-state index is 12.7. The Morgan fingerprint density at radius 1 is 1.17 bits per heavy atom. The van der Waals surface area contributed by atoms with Crippen LogP contribution in [0.3, 0.4) is 0 Å². The Morgan fingerprint density at radius 2 is 1.83 bits per heavy atom. The molecule has 6 nitrogen and oxygen atoms in total. The van der Waals surface area contributed by atoms with Crippen LogP contribution in [0, 0.1) is 3.57 Å². The molecule has 0 bridgehead atoms. The molecule has 0 N–H and O–H groups in total. The van der Waals surface area contributed by atoms with Crippen molar-refractivity contribution in [1.82, 2.24) is 9.13 Å². The Hall–Kier alpha value is -1.90. The number of anilines is 1. The first-order chi connectivity index (χ1) is 10.9. The molecular formula is C16H18IN3O3. The summed E-state index contributed by atoms with van der Waals surface area (Å²) >= 11 is 2.08. The molecule has 122 valence electrons. The van der Waals surface area contributed by atoms with Crippen molar-refractivity contribution in [1.29, 1.82) is 0 Å². The van der Waals surface area contributed by atoms with Gasteiger partial charge in [-0.05, 0) is 48.6 Å². The van der Waals surface area contributed by atoms with Crippen LogP contribution in [-0.2, 0) is 13.1 Å². The number of aryl methyl sites for hydroxylation is 1. The number of nitrogens with zero attached hydrogens (tertiary/aromatic N) is 3. The molecule has 0 atom stereocenters. The minimum absolute atomic E-state index is 0.193. The highest BCUT2D eigenvalue weighted by molar-refractivity contribution is 14.1. The van der Waals surface area contributed by atoms with Crippen LogP contribution in [0.5, 0.6) is 0 Å². The van der Waals surface area contributed by atoms with E-state index in [0.29, 0.717) is 12.1 Å². The topological polar surface area (TPSA) is 64.3 Å². The third kappa shape index (κ3) is 3.24. The summed E-state index contributed by atoms with van der Waals surface area (Å²) in [4.78, 5) is 38.6. The fourth-order valence-corrected chi connectivity index (χ4v) is 2.92. The Kier molecular flexibility index (Phi) is 5.40. The summed E-state index contributed by atoms with van der Waals surface area (Å²) in [5, 5.41) is 0. The first-order valence-corrected chi connectivity index (χ1v) is 8.37. The molecule has 23 heavy (non-hydrogen) atoms. The van der Waals surface area contributed by atoms with Crippen LogP contribution < -0.4 is 16.1 Å². The molecule has 0 aliphatic carbocycles. The van der Waals surface area contributed by atoms with Crippen molar-refractivity contribution < 1.29 is 4.79 Å². The van der Waals surface area contributed by atoms with Crippen molar-refractivity contribution >= 4 is 34.2 Å². The van der Waals surface area contributed by atoms with Gasteiger partial charge in [0, 0.05) is 29.9 Å². The molecule has 1 heterocycles. The zero-order chi connectivity index (χ0) is 17.1. The number of carbonyl (C=O) groups excluding carboxylic acids is 1. The first-order valence-electron chi connectivity index (χ1n) is 7.29. The zero-order valence-corrected chi connectivity index (χ0v) is 15.4. The summed E-state index contributed by atoms with van der Waals surface area (Å²) < 4.78 is 3.38. The highest BCUT2D eigenvalue weighted by atomic mass is 127. The van der Waals surface area contributed by atoms with E-state index in [4.69, 9.17) is 0 Å². The molecule has 0 unspecified atom stereocenters. The van der Waals surface area contributed by atoms with Crippen LogP contribution in [0.2, 0.25) is 0 Å². The van der Waals surface area contributed by atoms with Gasteiger partial charge in [-0.25, -0.2) is 4.79 Å². The van der Waals surface area contributed by atoms with Crippen molar-refractivity contribution in [3.63, 3.8) is 0 Å². The third-order valence-electron chi connectivity index (χ3n) is 3.65. The monoisotopic (exact) mass is 427 g/mol. The van der Waals surface area contributed by atoms with Gasteiger partial charge in [0.2, 0.25) is 0 Å². The number of hydrogen-bond acceptors (Lipinski definition) is 3. The van der Waals surface area contributed by atoms with Gasteiger partial charge in [-0.15, -0.1) is 0 Å². The molecule has 1 aromatic heterocycles. The molecule has 0 aliphatic rings. The number of aromatic nitrogens is 2. The average molecular weight is 427 g/mol. The van der Waals surface area contributed by atoms with E-state index in [0.717, 1.165) is 8.14 Å². The molecule has 0 radical (unpaired) electrons. The van der Waals surface area contributed by atoms with Gasteiger partial charge in [-0.2, -0.15) is 0 Å². The molecule has 2 aromatic rings. The molecule has 0 aliphatic heterocycles. The van der Waals surface area contributed by atoms with Gasteiger partial charge in [0.05, 0.1) is 5.56 Å². The van der Waals surface area contributed by atoms with Crippen molar-refractivity contribution in [2.24, 2.45) is 0 Å². The third-order valence-corrected chi connectivity index (χ3v) is 4.59. The molecule has 1 amide bonds. The lowest BCUT2D eigenvalue weighted by Crippen LogP contribution is -2.43. The van der Waals surface area contributed by atoms with Crippen LogP contribution in [0.25, 0.3) is 0 Å². The molecule has 7 heteroatoms. The lowest BCUT2D eigenvalue weighted by molar-refractivity contribution is 0.0991. The molecular weight excluding hydrogens is 409 g/mol. The van der Waals surface area contributed by atoms with Crippen molar-refractivity contribution in [2.75, 3.05) is 11.9 Å². The van der Waals surface area contributed by atoms with E-state index in [1.165, 1.54) is 15.7 Å². The molecule has 2 rings (SSSR count). The quantitative estimate of drug-likeness (QED) is 0.701. The predicted octanol–water partition coefficient (Wildman–Crippen LogP) is 1.93. The van der Waals surface area contributed by atoms with E-state index < -0.39 is 5.56 Å². The van der Waals surface area contributed by atoms with Crippen LogP contribution in [-0.4, -0.2) is 22.1 Å². The summed E-state index contributed by atoms with van der Waals surface area (Å²) in [6.07, 6.45) is 1.45. The van der Waals surface area contributed by atoms with Crippen LogP contribution >= 0.6 is 22.6 Å². The molecule has 0 saturated heterocycles. The van der Waals surface area contributed by atoms with Crippen molar-refractivity contribution in [2.45, 2.75) is 26.9 Å². The lowest BCUT2D eigenvalue weighted by atomic mass is 10.2. The van der Waals surface area contributed by atoms with Crippen molar-refractivity contribution in [3.8, 4) is 0 Å². The van der Waals surface area contributed by atoms with E-state index in [9.17, 15) is 14.4 Å². The minimum Gasteiger partial charge on any atom is -0.305 e. The number of amides is 1. The molecule has 0 fully saturated rings. The normalized spacial score (nSPS) is 10.6. The van der Waals surface area contributed by atoms with Gasteiger partial charge in [-0.1, -0.05) is 12.1 Å². The number of rotatable bonds is 4. The fourth-order valence-electron chi connectivity index (χ4n) is 2.30. The summed E-state index contributed by atoms with van der Waals surface area (Å²) in [6.45, 7) is 4.24. The van der Waals surface area contributed by atoms with Crippen LogP contribution in [0.4, 0.5) is 5.69 Å². The van der Waals surface area contributed by atoms with E-state index in [1.54, 1.807) is 26.1 Å². The second-order valence-electron chi connectivity index (χ2n) is 4.98. The maximum atomic E-state index is 12.7. The summed E-state index contributed by atoms with van der Waals surface area (Å²) in [5.41, 5.74) is -0.104. The van der Waals surface area contributed by atoms with E-state index in [2.05, 4.69) is 22.6 Å². The van der Waals surface area contributed by atoms with Gasteiger partial charge >= 0.3 is 5.69 Å². The van der Waals surface area contributed by atoms with Crippen LogP contribution in [0.1, 0.15) is 24.2 Å². The molecule has 0 spiro atoms. The van der Waals surface area contributed by atoms with Crippen molar-refractivity contribution in [3.05, 3.63) is 60.4 Å². The van der Waals surface area contributed by atoms with Gasteiger partial charge < -0.3 is 4.90 Å². The molecule has 0 saturated carbocycles. The second kappa shape index (κ2) is 7.12. The zero-order valence-electron chi connectivity index (χ0n) is 13.2. The number of carbonyl (C=O) groups is 1. The highest BCUT2D eigenvalue weighted by Crippen LogP contribution is 2.16. The standard InChI is InChI=1S/C16H18IN3O3/c1-4-19-10-13(15(22)20(5-2)16(19)23)18(3)14(21)11-8-6-7-9-12(11)17/h6-10H,4-5H2,1-3H3. The average Bonchev–Trinajstić information content (AvgIpc) is 2.55. The highest BCUT2D eigenvalue weighted by Gasteiger charge is 2.20. The van der Waals surface area contributed by atoms with E-state index >= 15 is 0 Å². The summed E-state index contributed by atoms with van der Waals surface area (Å²) in [6, 6.07) is 7.17. The summed E-state index contributed by atoms with van der Waals surface area (Å²) in [5.74, 6) is -0.281. The largest absolute Gasteiger partial charge is 0.331 e. The minimum atomic E-state index is -0.455. The van der Waals surface area contributed by atoms with Gasteiger partial charge in [0.25, 0.3) is 11.5 Å². The number of benzene rings is 1. The Bertz CT molecular complexity index is 854. The SMILES string of the molecule is CCn1cc(N(C)C(=O)c2ccccc2I)c(=O)n(CC)c1=O. The Balaban J connectivity index is 2.58. The number of hydrogen-bond donors (Lipinski definition) is 0. The fraction of sp³-hybridized carbons (Fsp3) is 0.312. The predicted molar refractivity (Wildman–Crippen MR) is 98.2 cm³/mol. The summed E-state index contributed by atoms with van der Waals surface area (Å²) in [7, 11) is 1.55. The van der Waals surface area contributed by atoms with E-state index in [-0.39, 0.29) is 23.8 Å².